The van der Waals surface area contributed by atoms with Gasteiger partial charge in [-0.05, 0) is 35.9 Å². The molecule has 0 aliphatic heterocycles. The van der Waals surface area contributed by atoms with Gasteiger partial charge in [0.25, 0.3) is 5.91 Å². The fraction of sp³-hybridized carbons (Fsp3) is 0.0909. The molecule has 0 saturated heterocycles. The first-order valence-corrected chi connectivity index (χ1v) is 9.62. The Labute approximate surface area is 172 Å². The molecular formula is C22H18Cl2N3O+. The second kappa shape index (κ2) is 8.05. The molecule has 4 rings (SSSR count). The highest BCUT2D eigenvalue weighted by Gasteiger charge is 2.18. The first-order chi connectivity index (χ1) is 13.6. The van der Waals surface area contributed by atoms with Gasteiger partial charge in [0.2, 0.25) is 6.33 Å². The fourth-order valence-corrected chi connectivity index (χ4v) is 3.55. The van der Waals surface area contributed by atoms with Gasteiger partial charge in [-0.25, -0.2) is 9.13 Å². The molecule has 0 aliphatic carbocycles. The van der Waals surface area contributed by atoms with Gasteiger partial charge in [0.05, 0.1) is 10.7 Å². The van der Waals surface area contributed by atoms with E-state index in [1.54, 1.807) is 18.2 Å². The highest BCUT2D eigenvalue weighted by atomic mass is 35.5. The molecule has 0 bridgehead atoms. The maximum Gasteiger partial charge on any atom is 0.266 e. The molecule has 0 spiro atoms. The van der Waals surface area contributed by atoms with Crippen molar-refractivity contribution in [3.8, 4) is 0 Å². The Morgan fingerprint density at radius 1 is 0.964 bits per heavy atom. The molecule has 0 atom stereocenters. The number of halogens is 2. The van der Waals surface area contributed by atoms with Crippen molar-refractivity contribution in [3.63, 3.8) is 0 Å². The van der Waals surface area contributed by atoms with Crippen molar-refractivity contribution in [2.75, 3.05) is 5.32 Å². The number of fused-ring (bicyclic) bond motifs is 1. The summed E-state index contributed by atoms with van der Waals surface area (Å²) in [5.41, 5.74) is 3.77. The van der Waals surface area contributed by atoms with Gasteiger partial charge < -0.3 is 5.32 Å². The number of amides is 1. The van der Waals surface area contributed by atoms with E-state index in [1.165, 1.54) is 5.56 Å². The average molecular weight is 411 g/mol. The molecular weight excluding hydrogens is 393 g/mol. The Kier molecular flexibility index (Phi) is 5.33. The van der Waals surface area contributed by atoms with Crippen LogP contribution in [0.2, 0.25) is 10.0 Å². The van der Waals surface area contributed by atoms with E-state index >= 15 is 0 Å². The molecule has 0 saturated carbocycles. The summed E-state index contributed by atoms with van der Waals surface area (Å²) < 4.78 is 4.08. The topological polar surface area (TPSA) is 37.9 Å². The van der Waals surface area contributed by atoms with E-state index in [1.807, 2.05) is 47.3 Å². The van der Waals surface area contributed by atoms with Crippen LogP contribution in [0.25, 0.3) is 11.0 Å². The zero-order valence-electron chi connectivity index (χ0n) is 15.0. The first kappa shape index (κ1) is 18.5. The minimum atomic E-state index is -0.170. The number of anilines is 1. The lowest BCUT2D eigenvalue weighted by Gasteiger charge is -2.06. The Hall–Kier alpha value is -2.82. The van der Waals surface area contributed by atoms with Crippen molar-refractivity contribution in [1.82, 2.24) is 4.57 Å². The van der Waals surface area contributed by atoms with E-state index in [2.05, 4.69) is 28.1 Å². The second-order valence-electron chi connectivity index (χ2n) is 6.52. The number of para-hydroxylation sites is 2. The van der Waals surface area contributed by atoms with Crippen molar-refractivity contribution in [1.29, 1.82) is 0 Å². The smallest absolute Gasteiger partial charge is 0.266 e. The number of carbonyl (C=O) groups excluding carboxylic acids is 1. The molecule has 1 heterocycles. The first-order valence-electron chi connectivity index (χ1n) is 8.86. The normalized spacial score (nSPS) is 10.9. The van der Waals surface area contributed by atoms with Crippen LogP contribution >= 0.6 is 23.2 Å². The van der Waals surface area contributed by atoms with E-state index in [0.29, 0.717) is 15.7 Å². The highest BCUT2D eigenvalue weighted by molar-refractivity contribution is 6.35. The van der Waals surface area contributed by atoms with Gasteiger partial charge in [-0.2, -0.15) is 0 Å². The van der Waals surface area contributed by atoms with Crippen LogP contribution < -0.4 is 9.88 Å². The van der Waals surface area contributed by atoms with Crippen LogP contribution in [-0.4, -0.2) is 10.5 Å². The van der Waals surface area contributed by atoms with Gasteiger partial charge in [-0.3, -0.25) is 4.79 Å². The number of benzene rings is 3. The molecule has 0 fully saturated rings. The molecule has 28 heavy (non-hydrogen) atoms. The summed E-state index contributed by atoms with van der Waals surface area (Å²) in [6.07, 6.45) is 1.97. The van der Waals surface area contributed by atoms with Crippen LogP contribution in [0.1, 0.15) is 5.56 Å². The Balaban J connectivity index is 1.60. The summed E-state index contributed by atoms with van der Waals surface area (Å²) >= 11 is 12.1. The lowest BCUT2D eigenvalue weighted by Crippen LogP contribution is -2.33. The number of hydrogen-bond acceptors (Lipinski definition) is 1. The van der Waals surface area contributed by atoms with Crippen molar-refractivity contribution in [2.45, 2.75) is 13.1 Å². The van der Waals surface area contributed by atoms with Crippen LogP contribution in [-0.2, 0) is 17.9 Å². The number of nitrogens with one attached hydrogen (secondary N) is 1. The number of rotatable bonds is 5. The minimum absolute atomic E-state index is 0.170. The van der Waals surface area contributed by atoms with Crippen molar-refractivity contribution < 1.29 is 9.36 Å². The Morgan fingerprint density at radius 3 is 2.54 bits per heavy atom. The number of imidazole rings is 1. The Morgan fingerprint density at radius 2 is 1.71 bits per heavy atom. The molecule has 3 aromatic carbocycles. The van der Waals surface area contributed by atoms with Gasteiger partial charge in [-0.15, -0.1) is 0 Å². The van der Waals surface area contributed by atoms with Gasteiger partial charge in [0.15, 0.2) is 17.6 Å². The van der Waals surface area contributed by atoms with E-state index in [-0.39, 0.29) is 12.5 Å². The molecule has 4 aromatic rings. The number of nitrogens with zero attached hydrogens (tertiary/aromatic N) is 2. The molecule has 1 N–H and O–H groups in total. The summed E-state index contributed by atoms with van der Waals surface area (Å²) in [5.74, 6) is -0.170. The standard InChI is InChI=1S/C22H17Cl2N3O/c23-17-10-11-18(24)19(12-17)25-22(28)14-27-15-26(13-16-6-2-1-3-7-16)20-8-4-5-9-21(20)27/h1-12,15H,13-14H2/p+1. The third kappa shape index (κ3) is 4.03. The molecule has 0 aliphatic rings. The maximum atomic E-state index is 12.6. The van der Waals surface area contributed by atoms with Gasteiger partial charge in [0, 0.05) is 5.02 Å². The largest absolute Gasteiger partial charge is 0.321 e. The van der Waals surface area contributed by atoms with Crippen LogP contribution in [0, 0.1) is 0 Å². The summed E-state index contributed by atoms with van der Waals surface area (Å²) in [4.78, 5) is 12.6. The van der Waals surface area contributed by atoms with Crippen LogP contribution in [0.15, 0.2) is 79.1 Å². The van der Waals surface area contributed by atoms with E-state index in [9.17, 15) is 4.79 Å². The predicted molar refractivity (Wildman–Crippen MR) is 113 cm³/mol. The van der Waals surface area contributed by atoms with E-state index < -0.39 is 0 Å². The number of aromatic nitrogens is 2. The molecule has 4 nitrogen and oxygen atoms in total. The fourth-order valence-electron chi connectivity index (χ4n) is 3.21. The summed E-state index contributed by atoms with van der Waals surface area (Å²) in [6, 6.07) is 23.3. The van der Waals surface area contributed by atoms with Gasteiger partial charge in [-0.1, -0.05) is 65.7 Å². The maximum absolute atomic E-state index is 12.6. The quantitative estimate of drug-likeness (QED) is 0.465. The lowest BCUT2D eigenvalue weighted by molar-refractivity contribution is -0.663. The van der Waals surface area contributed by atoms with E-state index in [0.717, 1.165) is 17.6 Å². The summed E-state index contributed by atoms with van der Waals surface area (Å²) in [7, 11) is 0. The van der Waals surface area contributed by atoms with Crippen LogP contribution in [0.4, 0.5) is 5.69 Å². The predicted octanol–water partition coefficient (Wildman–Crippen LogP) is 4.92. The second-order valence-corrected chi connectivity index (χ2v) is 7.36. The monoisotopic (exact) mass is 410 g/mol. The third-order valence-electron chi connectivity index (χ3n) is 4.49. The Bertz CT molecular complexity index is 1140. The number of hydrogen-bond donors (Lipinski definition) is 1. The van der Waals surface area contributed by atoms with Crippen molar-refractivity contribution >= 4 is 45.8 Å². The SMILES string of the molecule is O=C(Cn1c[n+](Cc2ccccc2)c2ccccc21)Nc1cc(Cl)ccc1Cl. The molecule has 1 aromatic heterocycles. The van der Waals surface area contributed by atoms with Crippen LogP contribution in [0.3, 0.4) is 0 Å². The molecule has 6 heteroatoms. The zero-order valence-corrected chi connectivity index (χ0v) is 16.5. The zero-order chi connectivity index (χ0) is 19.5. The summed E-state index contributed by atoms with van der Waals surface area (Å²) in [5, 5.41) is 3.81. The molecule has 140 valence electrons. The third-order valence-corrected chi connectivity index (χ3v) is 5.06. The van der Waals surface area contributed by atoms with E-state index in [4.69, 9.17) is 23.2 Å². The molecule has 1 amide bonds. The lowest BCUT2D eigenvalue weighted by atomic mass is 10.2. The molecule has 0 radical (unpaired) electrons. The number of carbonyl (C=O) groups is 1. The summed E-state index contributed by atoms with van der Waals surface area (Å²) in [6.45, 7) is 0.904. The molecule has 0 unspecified atom stereocenters. The minimum Gasteiger partial charge on any atom is -0.321 e. The van der Waals surface area contributed by atoms with Gasteiger partial charge in [0.1, 0.15) is 6.54 Å². The van der Waals surface area contributed by atoms with Crippen molar-refractivity contribution in [3.05, 3.63) is 94.7 Å². The van der Waals surface area contributed by atoms with Crippen molar-refractivity contribution in [2.24, 2.45) is 0 Å². The average Bonchev–Trinajstić information content (AvgIpc) is 3.03. The van der Waals surface area contributed by atoms with Crippen LogP contribution in [0.5, 0.6) is 0 Å². The highest BCUT2D eigenvalue weighted by Crippen LogP contribution is 2.25. The van der Waals surface area contributed by atoms with Gasteiger partial charge >= 0.3 is 0 Å².